The van der Waals surface area contributed by atoms with Gasteiger partial charge in [-0.25, -0.2) is 4.79 Å². The van der Waals surface area contributed by atoms with Gasteiger partial charge in [0.1, 0.15) is 0 Å². The highest BCUT2D eigenvalue weighted by Gasteiger charge is 2.22. The van der Waals surface area contributed by atoms with Crippen molar-refractivity contribution in [2.75, 3.05) is 5.32 Å². The second-order valence-corrected chi connectivity index (χ2v) is 6.35. The van der Waals surface area contributed by atoms with E-state index in [1.54, 1.807) is 6.07 Å². The number of aromatic carboxylic acids is 1. The average molecular weight is 277 g/mol. The van der Waals surface area contributed by atoms with E-state index < -0.39 is 5.97 Å². The quantitative estimate of drug-likeness (QED) is 0.881. The van der Waals surface area contributed by atoms with Crippen LogP contribution in [0.5, 0.6) is 0 Å². The van der Waals surface area contributed by atoms with Gasteiger partial charge in [0.15, 0.2) is 0 Å². The lowest BCUT2D eigenvalue weighted by Gasteiger charge is -2.26. The summed E-state index contributed by atoms with van der Waals surface area (Å²) in [6.07, 6.45) is 0.417. The van der Waals surface area contributed by atoms with Gasteiger partial charge in [0.2, 0.25) is 5.91 Å². The number of nitrogens with one attached hydrogen (secondary N) is 1. The molecule has 1 atom stereocenters. The Morgan fingerprint density at radius 3 is 2.40 bits per heavy atom. The second-order valence-electron chi connectivity index (χ2n) is 6.35. The van der Waals surface area contributed by atoms with Crippen LogP contribution in [-0.2, 0) is 4.79 Å². The smallest absolute Gasteiger partial charge is 0.335 e. The van der Waals surface area contributed by atoms with Crippen LogP contribution < -0.4 is 5.32 Å². The largest absolute Gasteiger partial charge is 0.478 e. The summed E-state index contributed by atoms with van der Waals surface area (Å²) in [7, 11) is 0. The Kier molecular flexibility index (Phi) is 4.93. The lowest BCUT2D eigenvalue weighted by Crippen LogP contribution is -2.24. The van der Waals surface area contributed by atoms with Crippen LogP contribution in [0.3, 0.4) is 0 Å². The molecule has 0 heterocycles. The van der Waals surface area contributed by atoms with Crippen molar-refractivity contribution in [2.24, 2.45) is 11.3 Å². The molecule has 1 unspecified atom stereocenters. The van der Waals surface area contributed by atoms with Crippen molar-refractivity contribution >= 4 is 17.6 Å². The number of aryl methyl sites for hydroxylation is 1. The summed E-state index contributed by atoms with van der Waals surface area (Å²) >= 11 is 0. The number of benzene rings is 1. The highest BCUT2D eigenvalue weighted by Crippen LogP contribution is 2.28. The van der Waals surface area contributed by atoms with Crippen LogP contribution in [0.15, 0.2) is 18.2 Å². The fourth-order valence-electron chi connectivity index (χ4n) is 1.68. The average Bonchev–Trinajstić information content (AvgIpc) is 2.30. The predicted octanol–water partition coefficient (Wildman–Crippen LogP) is 3.70. The molecule has 0 bridgehead atoms. The second kappa shape index (κ2) is 6.07. The van der Waals surface area contributed by atoms with Crippen LogP contribution in [0.2, 0.25) is 0 Å². The minimum absolute atomic E-state index is 0.0648. The van der Waals surface area contributed by atoms with Gasteiger partial charge in [-0.3, -0.25) is 4.79 Å². The summed E-state index contributed by atoms with van der Waals surface area (Å²) in [5, 5.41) is 11.8. The number of carbonyl (C=O) groups is 2. The zero-order chi connectivity index (χ0) is 15.5. The summed E-state index contributed by atoms with van der Waals surface area (Å²) in [6, 6.07) is 4.73. The van der Waals surface area contributed by atoms with E-state index in [-0.39, 0.29) is 22.8 Å². The first-order chi connectivity index (χ1) is 9.11. The molecule has 20 heavy (non-hydrogen) atoms. The van der Waals surface area contributed by atoms with E-state index in [0.717, 1.165) is 5.56 Å². The van der Waals surface area contributed by atoms with Crippen molar-refractivity contribution in [2.45, 2.75) is 41.0 Å². The molecule has 0 fully saturated rings. The van der Waals surface area contributed by atoms with E-state index in [9.17, 15) is 9.59 Å². The Hall–Kier alpha value is -1.84. The van der Waals surface area contributed by atoms with Crippen LogP contribution >= 0.6 is 0 Å². The third-order valence-electron chi connectivity index (χ3n) is 3.73. The van der Waals surface area contributed by atoms with Crippen LogP contribution in [0.4, 0.5) is 5.69 Å². The van der Waals surface area contributed by atoms with E-state index in [4.69, 9.17) is 5.11 Å². The van der Waals surface area contributed by atoms with E-state index in [2.05, 4.69) is 26.1 Å². The van der Waals surface area contributed by atoms with Gasteiger partial charge in [-0.2, -0.15) is 0 Å². The van der Waals surface area contributed by atoms with Crippen molar-refractivity contribution in [1.29, 1.82) is 0 Å². The fraction of sp³-hybridized carbons (Fsp3) is 0.500. The van der Waals surface area contributed by atoms with Gasteiger partial charge in [0.25, 0.3) is 0 Å². The number of carbonyl (C=O) groups excluding carboxylic acids is 1. The SMILES string of the molecule is Cc1ccc(C(=O)O)cc1NC(=O)CC(C)C(C)(C)C. The highest BCUT2D eigenvalue weighted by molar-refractivity contribution is 5.94. The normalized spacial score (nSPS) is 12.8. The number of carboxylic acids is 1. The third-order valence-corrected chi connectivity index (χ3v) is 3.73. The number of hydrogen-bond donors (Lipinski definition) is 2. The summed E-state index contributed by atoms with van der Waals surface area (Å²) < 4.78 is 0. The lowest BCUT2D eigenvalue weighted by atomic mass is 9.80. The Morgan fingerprint density at radius 2 is 1.90 bits per heavy atom. The molecule has 1 rings (SSSR count). The first-order valence-corrected chi connectivity index (χ1v) is 6.75. The minimum atomic E-state index is -0.997. The standard InChI is InChI=1S/C16H23NO3/c1-10-6-7-12(15(19)20)9-13(10)17-14(18)8-11(2)16(3,4)5/h6-7,9,11H,8H2,1-5H3,(H,17,18)(H,19,20). The Bertz CT molecular complexity index is 515. The van der Waals surface area contributed by atoms with E-state index in [0.29, 0.717) is 12.1 Å². The van der Waals surface area contributed by atoms with Crippen LogP contribution in [0.1, 0.15) is 50.0 Å². The first kappa shape index (κ1) is 16.2. The molecule has 1 aromatic rings. The Morgan fingerprint density at radius 1 is 1.30 bits per heavy atom. The van der Waals surface area contributed by atoms with Gasteiger partial charge in [-0.15, -0.1) is 0 Å². The number of anilines is 1. The van der Waals surface area contributed by atoms with Crippen LogP contribution in [0, 0.1) is 18.3 Å². The maximum atomic E-state index is 12.0. The topological polar surface area (TPSA) is 66.4 Å². The molecular weight excluding hydrogens is 254 g/mol. The molecule has 1 aromatic carbocycles. The predicted molar refractivity (Wildman–Crippen MR) is 80.0 cm³/mol. The van der Waals surface area contributed by atoms with Crippen molar-refractivity contribution in [3.05, 3.63) is 29.3 Å². The monoisotopic (exact) mass is 277 g/mol. The Labute approximate surface area is 120 Å². The van der Waals surface area contributed by atoms with Gasteiger partial charge < -0.3 is 10.4 Å². The molecule has 2 N–H and O–H groups in total. The highest BCUT2D eigenvalue weighted by atomic mass is 16.4. The maximum absolute atomic E-state index is 12.0. The van der Waals surface area contributed by atoms with Crippen molar-refractivity contribution in [3.8, 4) is 0 Å². The molecule has 0 aliphatic rings. The van der Waals surface area contributed by atoms with Crippen molar-refractivity contribution in [1.82, 2.24) is 0 Å². The minimum Gasteiger partial charge on any atom is -0.478 e. The third kappa shape index (κ3) is 4.37. The van der Waals surface area contributed by atoms with Crippen LogP contribution in [-0.4, -0.2) is 17.0 Å². The van der Waals surface area contributed by atoms with E-state index in [1.807, 2.05) is 13.8 Å². The van der Waals surface area contributed by atoms with Gasteiger partial charge in [-0.05, 0) is 36.0 Å². The summed E-state index contributed by atoms with van der Waals surface area (Å²) in [5.41, 5.74) is 1.66. The number of hydrogen-bond acceptors (Lipinski definition) is 2. The van der Waals surface area contributed by atoms with Gasteiger partial charge in [0.05, 0.1) is 5.56 Å². The molecule has 1 amide bonds. The van der Waals surface area contributed by atoms with Crippen LogP contribution in [0.25, 0.3) is 0 Å². The molecule has 4 heteroatoms. The van der Waals surface area contributed by atoms with E-state index in [1.165, 1.54) is 12.1 Å². The molecule has 0 aliphatic heterocycles. The van der Waals surface area contributed by atoms with Crippen molar-refractivity contribution in [3.63, 3.8) is 0 Å². The first-order valence-electron chi connectivity index (χ1n) is 6.75. The lowest BCUT2D eigenvalue weighted by molar-refractivity contribution is -0.117. The van der Waals surface area contributed by atoms with E-state index >= 15 is 0 Å². The van der Waals surface area contributed by atoms with Gasteiger partial charge >= 0.3 is 5.97 Å². The molecular formula is C16H23NO3. The molecule has 0 aromatic heterocycles. The summed E-state index contributed by atoms with van der Waals surface area (Å²) in [4.78, 5) is 23.0. The summed E-state index contributed by atoms with van der Waals surface area (Å²) in [5.74, 6) is -0.841. The molecule has 0 saturated carbocycles. The number of rotatable bonds is 4. The maximum Gasteiger partial charge on any atom is 0.335 e. The zero-order valence-electron chi connectivity index (χ0n) is 12.8. The Balaban J connectivity index is 2.80. The molecule has 0 aliphatic carbocycles. The summed E-state index contributed by atoms with van der Waals surface area (Å²) in [6.45, 7) is 10.2. The molecule has 0 radical (unpaired) electrons. The molecule has 0 saturated heterocycles. The fourth-order valence-corrected chi connectivity index (χ4v) is 1.68. The number of amides is 1. The van der Waals surface area contributed by atoms with Gasteiger partial charge in [-0.1, -0.05) is 33.8 Å². The zero-order valence-corrected chi connectivity index (χ0v) is 12.8. The number of carboxylic acid groups (broad SMARTS) is 1. The molecule has 0 spiro atoms. The molecule has 4 nitrogen and oxygen atoms in total. The van der Waals surface area contributed by atoms with Gasteiger partial charge in [0, 0.05) is 12.1 Å². The molecule has 110 valence electrons. The van der Waals surface area contributed by atoms with Crippen molar-refractivity contribution < 1.29 is 14.7 Å².